The number of carboxylic acid groups (broad SMARTS) is 1. The molecule has 0 radical (unpaired) electrons. The second-order valence-electron chi connectivity index (χ2n) is 4.26. The Labute approximate surface area is 110 Å². The highest BCUT2D eigenvalue weighted by Crippen LogP contribution is 2.11. The Morgan fingerprint density at radius 1 is 1.50 bits per heavy atom. The standard InChI is InChI=1S/C12H18N2O3S/c1-8(7-10-5-4-6-18-10)13-12(17)14(3)9(2)11(15)16/h4-6,8-9H,7H2,1-3H3,(H,13,17)(H,15,16). The van der Waals surface area contributed by atoms with Crippen LogP contribution in [0.4, 0.5) is 4.79 Å². The average molecular weight is 270 g/mol. The van der Waals surface area contributed by atoms with Crippen molar-refractivity contribution in [3.63, 3.8) is 0 Å². The summed E-state index contributed by atoms with van der Waals surface area (Å²) in [4.78, 5) is 24.9. The van der Waals surface area contributed by atoms with E-state index in [2.05, 4.69) is 5.32 Å². The van der Waals surface area contributed by atoms with Crippen LogP contribution in [0, 0.1) is 0 Å². The van der Waals surface area contributed by atoms with Gasteiger partial charge in [-0.15, -0.1) is 11.3 Å². The summed E-state index contributed by atoms with van der Waals surface area (Å²) >= 11 is 1.64. The number of hydrogen-bond acceptors (Lipinski definition) is 3. The molecule has 1 aromatic heterocycles. The maximum atomic E-state index is 11.8. The third kappa shape index (κ3) is 4.03. The van der Waals surface area contributed by atoms with Gasteiger partial charge in [-0.25, -0.2) is 9.59 Å². The number of urea groups is 1. The molecule has 2 N–H and O–H groups in total. The van der Waals surface area contributed by atoms with Crippen LogP contribution in [0.2, 0.25) is 0 Å². The maximum absolute atomic E-state index is 11.8. The Balaban J connectivity index is 2.46. The zero-order valence-corrected chi connectivity index (χ0v) is 11.5. The highest BCUT2D eigenvalue weighted by atomic mass is 32.1. The summed E-state index contributed by atoms with van der Waals surface area (Å²) in [6.07, 6.45) is 0.749. The van der Waals surface area contributed by atoms with Crippen molar-refractivity contribution in [2.24, 2.45) is 0 Å². The van der Waals surface area contributed by atoms with Gasteiger partial charge >= 0.3 is 12.0 Å². The van der Waals surface area contributed by atoms with Crippen molar-refractivity contribution in [1.82, 2.24) is 10.2 Å². The number of rotatable bonds is 5. The molecule has 18 heavy (non-hydrogen) atoms. The van der Waals surface area contributed by atoms with Gasteiger partial charge in [0.1, 0.15) is 6.04 Å². The molecule has 1 aromatic rings. The van der Waals surface area contributed by atoms with Crippen LogP contribution in [0.5, 0.6) is 0 Å². The smallest absolute Gasteiger partial charge is 0.326 e. The first-order chi connectivity index (χ1) is 8.41. The Bertz CT molecular complexity index is 405. The van der Waals surface area contributed by atoms with Gasteiger partial charge in [0, 0.05) is 24.4 Å². The number of likely N-dealkylation sites (N-methyl/N-ethyl adjacent to an activating group) is 1. The number of nitrogens with zero attached hydrogens (tertiary/aromatic N) is 1. The zero-order chi connectivity index (χ0) is 13.7. The minimum Gasteiger partial charge on any atom is -0.480 e. The molecule has 0 bridgehead atoms. The van der Waals surface area contributed by atoms with E-state index < -0.39 is 12.0 Å². The Morgan fingerprint density at radius 3 is 2.67 bits per heavy atom. The van der Waals surface area contributed by atoms with Crippen LogP contribution in [0.3, 0.4) is 0 Å². The van der Waals surface area contributed by atoms with E-state index >= 15 is 0 Å². The lowest BCUT2D eigenvalue weighted by Crippen LogP contribution is -2.48. The summed E-state index contributed by atoms with van der Waals surface area (Å²) < 4.78 is 0. The van der Waals surface area contributed by atoms with E-state index in [4.69, 9.17) is 5.11 Å². The first kappa shape index (κ1) is 14.5. The topological polar surface area (TPSA) is 69.6 Å². The van der Waals surface area contributed by atoms with Gasteiger partial charge < -0.3 is 15.3 Å². The van der Waals surface area contributed by atoms with Gasteiger partial charge in [-0.2, -0.15) is 0 Å². The number of hydrogen-bond donors (Lipinski definition) is 2. The van der Waals surface area contributed by atoms with E-state index in [0.29, 0.717) is 0 Å². The second kappa shape index (κ2) is 6.39. The lowest BCUT2D eigenvalue weighted by atomic mass is 10.2. The molecular formula is C12H18N2O3S. The Kier molecular flexibility index (Phi) is 5.15. The van der Waals surface area contributed by atoms with Crippen molar-refractivity contribution < 1.29 is 14.7 Å². The van der Waals surface area contributed by atoms with Crippen LogP contribution >= 0.6 is 11.3 Å². The molecule has 0 saturated carbocycles. The number of nitrogens with one attached hydrogen (secondary N) is 1. The molecule has 2 unspecified atom stereocenters. The summed E-state index contributed by atoms with van der Waals surface area (Å²) in [5, 5.41) is 13.6. The molecule has 0 fully saturated rings. The molecule has 0 aliphatic rings. The first-order valence-corrected chi connectivity index (χ1v) is 6.58. The highest BCUT2D eigenvalue weighted by Gasteiger charge is 2.22. The van der Waals surface area contributed by atoms with E-state index in [1.54, 1.807) is 11.3 Å². The molecule has 6 heteroatoms. The summed E-state index contributed by atoms with van der Waals surface area (Å²) in [7, 11) is 1.48. The van der Waals surface area contributed by atoms with Gasteiger partial charge in [-0.3, -0.25) is 0 Å². The van der Waals surface area contributed by atoms with Crippen molar-refractivity contribution in [3.05, 3.63) is 22.4 Å². The molecule has 2 amide bonds. The molecule has 100 valence electrons. The van der Waals surface area contributed by atoms with Gasteiger partial charge in [-0.1, -0.05) is 6.07 Å². The van der Waals surface area contributed by atoms with Gasteiger partial charge in [0.2, 0.25) is 0 Å². The third-order valence-corrected chi connectivity index (χ3v) is 3.61. The lowest BCUT2D eigenvalue weighted by molar-refractivity contribution is -0.141. The zero-order valence-electron chi connectivity index (χ0n) is 10.7. The quantitative estimate of drug-likeness (QED) is 0.857. The van der Waals surface area contributed by atoms with Crippen molar-refractivity contribution in [2.75, 3.05) is 7.05 Å². The van der Waals surface area contributed by atoms with E-state index in [1.807, 2.05) is 24.4 Å². The molecule has 0 saturated heterocycles. The number of carbonyl (C=O) groups excluding carboxylic acids is 1. The minimum atomic E-state index is -1.02. The van der Waals surface area contributed by atoms with Gasteiger partial charge in [0.25, 0.3) is 0 Å². The van der Waals surface area contributed by atoms with Crippen molar-refractivity contribution in [1.29, 1.82) is 0 Å². The van der Waals surface area contributed by atoms with Crippen molar-refractivity contribution in [2.45, 2.75) is 32.4 Å². The SMILES string of the molecule is CC(Cc1cccs1)NC(=O)N(C)C(C)C(=O)O. The van der Waals surface area contributed by atoms with Crippen LogP contribution in [0.1, 0.15) is 18.7 Å². The minimum absolute atomic E-state index is 0.0282. The monoisotopic (exact) mass is 270 g/mol. The number of carboxylic acids is 1. The van der Waals surface area contributed by atoms with E-state index in [0.717, 1.165) is 6.42 Å². The largest absolute Gasteiger partial charge is 0.480 e. The molecule has 2 atom stereocenters. The molecule has 0 aliphatic carbocycles. The summed E-state index contributed by atoms with van der Waals surface area (Å²) in [5.74, 6) is -1.02. The fraction of sp³-hybridized carbons (Fsp3) is 0.500. The third-order valence-electron chi connectivity index (χ3n) is 2.72. The predicted molar refractivity (Wildman–Crippen MR) is 70.9 cm³/mol. The van der Waals surface area contributed by atoms with Crippen LogP contribution in [0.15, 0.2) is 17.5 Å². The van der Waals surface area contributed by atoms with E-state index in [-0.39, 0.29) is 12.1 Å². The average Bonchev–Trinajstić information content (AvgIpc) is 2.79. The molecule has 0 aliphatic heterocycles. The van der Waals surface area contributed by atoms with Crippen molar-refractivity contribution >= 4 is 23.3 Å². The van der Waals surface area contributed by atoms with Crippen molar-refractivity contribution in [3.8, 4) is 0 Å². The fourth-order valence-electron chi connectivity index (χ4n) is 1.44. The Morgan fingerprint density at radius 2 is 2.17 bits per heavy atom. The second-order valence-corrected chi connectivity index (χ2v) is 5.29. The molecule has 1 rings (SSSR count). The first-order valence-electron chi connectivity index (χ1n) is 5.70. The van der Waals surface area contributed by atoms with Crippen LogP contribution in [-0.4, -0.2) is 41.1 Å². The summed E-state index contributed by atoms with van der Waals surface area (Å²) in [5.41, 5.74) is 0. The Hall–Kier alpha value is -1.56. The molecular weight excluding hydrogens is 252 g/mol. The maximum Gasteiger partial charge on any atom is 0.326 e. The van der Waals surface area contributed by atoms with Gasteiger partial charge in [0.15, 0.2) is 0 Å². The fourth-order valence-corrected chi connectivity index (χ4v) is 2.27. The number of amides is 2. The number of carbonyl (C=O) groups is 2. The van der Waals surface area contributed by atoms with Gasteiger partial charge in [-0.05, 0) is 25.3 Å². The number of thiophene rings is 1. The molecule has 1 heterocycles. The number of aliphatic carboxylic acids is 1. The molecule has 0 aromatic carbocycles. The lowest BCUT2D eigenvalue weighted by Gasteiger charge is -2.24. The summed E-state index contributed by atoms with van der Waals surface area (Å²) in [6.45, 7) is 3.38. The van der Waals surface area contributed by atoms with Crippen LogP contribution in [0.25, 0.3) is 0 Å². The normalized spacial score (nSPS) is 13.7. The van der Waals surface area contributed by atoms with Gasteiger partial charge in [0.05, 0.1) is 0 Å². The highest BCUT2D eigenvalue weighted by molar-refractivity contribution is 7.09. The molecule has 5 nitrogen and oxygen atoms in total. The van der Waals surface area contributed by atoms with Crippen LogP contribution in [-0.2, 0) is 11.2 Å². The summed E-state index contributed by atoms with van der Waals surface area (Å²) in [6, 6.07) is 2.75. The van der Waals surface area contributed by atoms with E-state index in [1.165, 1.54) is 23.7 Å². The predicted octanol–water partition coefficient (Wildman–Crippen LogP) is 1.79. The molecule has 0 spiro atoms. The van der Waals surface area contributed by atoms with Crippen LogP contribution < -0.4 is 5.32 Å². The van der Waals surface area contributed by atoms with E-state index in [9.17, 15) is 9.59 Å².